The Morgan fingerprint density at radius 3 is 2.27 bits per heavy atom. The SMILES string of the molecule is COc1ccc(OC(Cc2ccc(C)cc2C)C(=O)O)cc1. The lowest BCUT2D eigenvalue weighted by molar-refractivity contribution is -0.145. The molecule has 0 bridgehead atoms. The van der Waals surface area contributed by atoms with E-state index in [0.717, 1.165) is 16.7 Å². The van der Waals surface area contributed by atoms with E-state index in [9.17, 15) is 9.90 Å². The van der Waals surface area contributed by atoms with Gasteiger partial charge in [-0.1, -0.05) is 23.8 Å². The molecule has 1 unspecified atom stereocenters. The highest BCUT2D eigenvalue weighted by Crippen LogP contribution is 2.20. The zero-order valence-electron chi connectivity index (χ0n) is 13.0. The minimum absolute atomic E-state index is 0.327. The van der Waals surface area contributed by atoms with Gasteiger partial charge in [0, 0.05) is 6.42 Å². The van der Waals surface area contributed by atoms with E-state index in [1.54, 1.807) is 31.4 Å². The predicted molar refractivity (Wildman–Crippen MR) is 84.7 cm³/mol. The van der Waals surface area contributed by atoms with Crippen molar-refractivity contribution < 1.29 is 19.4 Å². The standard InChI is InChI=1S/C18H20O4/c1-12-4-5-14(13(2)10-12)11-17(18(19)20)22-16-8-6-15(21-3)7-9-16/h4-10,17H,11H2,1-3H3,(H,19,20). The molecule has 0 saturated heterocycles. The fourth-order valence-corrected chi connectivity index (χ4v) is 2.27. The summed E-state index contributed by atoms with van der Waals surface area (Å²) in [5, 5.41) is 9.39. The fourth-order valence-electron chi connectivity index (χ4n) is 2.27. The van der Waals surface area contributed by atoms with Crippen LogP contribution in [-0.2, 0) is 11.2 Å². The smallest absolute Gasteiger partial charge is 0.345 e. The van der Waals surface area contributed by atoms with E-state index in [1.807, 2.05) is 32.0 Å². The number of carboxylic acids is 1. The van der Waals surface area contributed by atoms with E-state index in [1.165, 1.54) is 0 Å². The first-order valence-electron chi connectivity index (χ1n) is 7.09. The number of hydrogen-bond acceptors (Lipinski definition) is 3. The molecule has 0 aliphatic heterocycles. The number of aliphatic carboxylic acids is 1. The molecule has 0 aliphatic carbocycles. The molecule has 2 aromatic carbocycles. The molecule has 0 saturated carbocycles. The van der Waals surface area contributed by atoms with E-state index in [2.05, 4.69) is 0 Å². The quantitative estimate of drug-likeness (QED) is 0.888. The number of rotatable bonds is 6. The lowest BCUT2D eigenvalue weighted by Crippen LogP contribution is -2.29. The van der Waals surface area contributed by atoms with Crippen molar-refractivity contribution in [2.24, 2.45) is 0 Å². The van der Waals surface area contributed by atoms with Gasteiger partial charge < -0.3 is 14.6 Å². The summed E-state index contributed by atoms with van der Waals surface area (Å²) in [5.41, 5.74) is 3.21. The molecule has 0 radical (unpaired) electrons. The number of carbonyl (C=O) groups is 1. The molecule has 116 valence electrons. The van der Waals surface area contributed by atoms with Crippen molar-refractivity contribution in [3.63, 3.8) is 0 Å². The van der Waals surface area contributed by atoms with Gasteiger partial charge >= 0.3 is 5.97 Å². The summed E-state index contributed by atoms with van der Waals surface area (Å²) in [5.74, 6) is 0.238. The van der Waals surface area contributed by atoms with Crippen molar-refractivity contribution >= 4 is 5.97 Å². The summed E-state index contributed by atoms with van der Waals surface area (Å²) in [6, 6.07) is 12.9. The van der Waals surface area contributed by atoms with Crippen molar-refractivity contribution in [2.45, 2.75) is 26.4 Å². The average Bonchev–Trinajstić information content (AvgIpc) is 2.49. The third-order valence-electron chi connectivity index (χ3n) is 3.52. The number of hydrogen-bond donors (Lipinski definition) is 1. The van der Waals surface area contributed by atoms with Gasteiger partial charge in [0.05, 0.1) is 7.11 Å². The molecule has 4 heteroatoms. The molecule has 0 heterocycles. The van der Waals surface area contributed by atoms with Crippen LogP contribution >= 0.6 is 0 Å². The van der Waals surface area contributed by atoms with Crippen molar-refractivity contribution in [2.75, 3.05) is 7.11 Å². The number of benzene rings is 2. The lowest BCUT2D eigenvalue weighted by Gasteiger charge is -2.17. The van der Waals surface area contributed by atoms with Crippen LogP contribution in [0.1, 0.15) is 16.7 Å². The van der Waals surface area contributed by atoms with Gasteiger partial charge in [-0.2, -0.15) is 0 Å². The average molecular weight is 300 g/mol. The van der Waals surface area contributed by atoms with Gasteiger partial charge in [0.15, 0.2) is 6.10 Å². The van der Waals surface area contributed by atoms with Crippen LogP contribution in [0.4, 0.5) is 0 Å². The Kier molecular flexibility index (Phi) is 5.04. The first kappa shape index (κ1) is 15.9. The Morgan fingerprint density at radius 2 is 1.73 bits per heavy atom. The van der Waals surface area contributed by atoms with Gasteiger partial charge in [-0.15, -0.1) is 0 Å². The largest absolute Gasteiger partial charge is 0.497 e. The van der Waals surface area contributed by atoms with E-state index >= 15 is 0 Å². The topological polar surface area (TPSA) is 55.8 Å². The highest BCUT2D eigenvalue weighted by atomic mass is 16.5. The molecule has 0 spiro atoms. The Bertz CT molecular complexity index is 647. The molecule has 4 nitrogen and oxygen atoms in total. The van der Waals surface area contributed by atoms with Crippen LogP contribution in [0.5, 0.6) is 11.5 Å². The lowest BCUT2D eigenvalue weighted by atomic mass is 10.0. The van der Waals surface area contributed by atoms with Crippen molar-refractivity contribution in [1.29, 1.82) is 0 Å². The maximum atomic E-state index is 11.5. The van der Waals surface area contributed by atoms with Gasteiger partial charge in [-0.25, -0.2) is 4.79 Å². The second kappa shape index (κ2) is 6.98. The van der Waals surface area contributed by atoms with Crippen molar-refractivity contribution in [3.05, 3.63) is 59.2 Å². The van der Waals surface area contributed by atoms with Crippen LogP contribution in [0, 0.1) is 13.8 Å². The molecular weight excluding hydrogens is 280 g/mol. The molecule has 0 aromatic heterocycles. The normalized spacial score (nSPS) is 11.8. The first-order valence-corrected chi connectivity index (χ1v) is 7.09. The fraction of sp³-hybridized carbons (Fsp3) is 0.278. The second-order valence-electron chi connectivity index (χ2n) is 5.25. The Hall–Kier alpha value is -2.49. The minimum atomic E-state index is -0.976. The minimum Gasteiger partial charge on any atom is -0.497 e. The molecule has 0 aliphatic rings. The van der Waals surface area contributed by atoms with E-state index in [4.69, 9.17) is 9.47 Å². The zero-order chi connectivity index (χ0) is 16.1. The van der Waals surface area contributed by atoms with Crippen LogP contribution in [0.2, 0.25) is 0 Å². The Morgan fingerprint density at radius 1 is 1.09 bits per heavy atom. The highest BCUT2D eigenvalue weighted by Gasteiger charge is 2.21. The van der Waals surface area contributed by atoms with Crippen LogP contribution in [0.15, 0.2) is 42.5 Å². The molecular formula is C18H20O4. The molecule has 2 rings (SSSR count). The predicted octanol–water partition coefficient (Wildman–Crippen LogP) is 3.39. The van der Waals surface area contributed by atoms with Gasteiger partial charge in [0.2, 0.25) is 0 Å². The number of aryl methyl sites for hydroxylation is 2. The van der Waals surface area contributed by atoms with Gasteiger partial charge in [-0.3, -0.25) is 0 Å². The van der Waals surface area contributed by atoms with E-state index in [0.29, 0.717) is 17.9 Å². The van der Waals surface area contributed by atoms with Crippen LogP contribution in [0.25, 0.3) is 0 Å². The third kappa shape index (κ3) is 4.01. The molecule has 0 fully saturated rings. The molecule has 2 aromatic rings. The molecule has 1 N–H and O–H groups in total. The van der Waals surface area contributed by atoms with E-state index < -0.39 is 12.1 Å². The summed E-state index contributed by atoms with van der Waals surface area (Å²) in [6.07, 6.45) is -0.595. The Labute approximate surface area is 130 Å². The van der Waals surface area contributed by atoms with E-state index in [-0.39, 0.29) is 0 Å². The summed E-state index contributed by atoms with van der Waals surface area (Å²) in [7, 11) is 1.58. The van der Waals surface area contributed by atoms with Gasteiger partial charge in [0.25, 0.3) is 0 Å². The molecule has 22 heavy (non-hydrogen) atoms. The highest BCUT2D eigenvalue weighted by molar-refractivity contribution is 5.73. The van der Waals surface area contributed by atoms with Crippen LogP contribution < -0.4 is 9.47 Å². The molecule has 0 amide bonds. The van der Waals surface area contributed by atoms with Crippen LogP contribution in [0.3, 0.4) is 0 Å². The monoisotopic (exact) mass is 300 g/mol. The van der Waals surface area contributed by atoms with Gasteiger partial charge in [0.1, 0.15) is 11.5 Å². The van der Waals surface area contributed by atoms with Crippen molar-refractivity contribution in [3.8, 4) is 11.5 Å². The number of carboxylic acid groups (broad SMARTS) is 1. The second-order valence-corrected chi connectivity index (χ2v) is 5.25. The summed E-state index contributed by atoms with van der Waals surface area (Å²) in [4.78, 5) is 11.5. The zero-order valence-corrected chi connectivity index (χ0v) is 13.0. The maximum Gasteiger partial charge on any atom is 0.345 e. The van der Waals surface area contributed by atoms with Gasteiger partial charge in [-0.05, 0) is 49.2 Å². The first-order chi connectivity index (χ1) is 10.5. The number of methoxy groups -OCH3 is 1. The number of ether oxygens (including phenoxy) is 2. The summed E-state index contributed by atoms with van der Waals surface area (Å²) in [6.45, 7) is 3.99. The van der Waals surface area contributed by atoms with Crippen molar-refractivity contribution in [1.82, 2.24) is 0 Å². The molecule has 1 atom stereocenters. The third-order valence-corrected chi connectivity index (χ3v) is 3.52. The summed E-state index contributed by atoms with van der Waals surface area (Å²) >= 11 is 0. The Balaban J connectivity index is 2.14. The maximum absolute atomic E-state index is 11.5. The van der Waals surface area contributed by atoms with Crippen LogP contribution in [-0.4, -0.2) is 24.3 Å². The summed E-state index contributed by atoms with van der Waals surface area (Å²) < 4.78 is 10.7.